The Hall–Kier alpha value is -1.69. The number of hydrogen-bond acceptors (Lipinski definition) is 5. The van der Waals surface area contributed by atoms with Gasteiger partial charge in [0.05, 0.1) is 4.88 Å². The average molecular weight is 329 g/mol. The Labute approximate surface area is 139 Å². The summed E-state index contributed by atoms with van der Waals surface area (Å²) in [5.74, 6) is 0. The van der Waals surface area contributed by atoms with Crippen LogP contribution in [0.2, 0.25) is 0 Å². The topological polar surface area (TPSA) is 28.2 Å². The number of hydrogen-bond donors (Lipinski definition) is 1. The first-order valence-corrected chi connectivity index (χ1v) is 8.87. The second kappa shape index (κ2) is 7.05. The maximum absolute atomic E-state index is 4.52. The second-order valence-corrected chi connectivity index (χ2v) is 7.39. The van der Waals surface area contributed by atoms with Crippen molar-refractivity contribution >= 4 is 28.4 Å². The summed E-state index contributed by atoms with van der Waals surface area (Å²) in [6, 6.07) is 12.8. The third-order valence-corrected chi connectivity index (χ3v) is 5.30. The van der Waals surface area contributed by atoms with Gasteiger partial charge in [-0.15, -0.1) is 22.7 Å². The summed E-state index contributed by atoms with van der Waals surface area (Å²) in [4.78, 5) is 9.20. The standard InChI is InChI=1S/C17H19N3S2/c1-20(2)14-7-5-13(6-8-14)16-11-19-17(22-16)12-18-10-15-4-3-9-21-15/h3-9,11,18H,10,12H2,1-2H3. The molecule has 22 heavy (non-hydrogen) atoms. The third kappa shape index (κ3) is 3.74. The molecule has 0 saturated carbocycles. The number of thiazole rings is 1. The molecule has 2 aromatic heterocycles. The van der Waals surface area contributed by atoms with Crippen LogP contribution in [0.4, 0.5) is 5.69 Å². The maximum Gasteiger partial charge on any atom is 0.107 e. The molecule has 5 heteroatoms. The van der Waals surface area contributed by atoms with Crippen molar-refractivity contribution in [3.8, 4) is 10.4 Å². The van der Waals surface area contributed by atoms with E-state index in [1.54, 1.807) is 22.7 Å². The van der Waals surface area contributed by atoms with Gasteiger partial charge in [-0.3, -0.25) is 0 Å². The fraction of sp³-hybridized carbons (Fsp3) is 0.235. The van der Waals surface area contributed by atoms with Gasteiger partial charge in [0.2, 0.25) is 0 Å². The summed E-state index contributed by atoms with van der Waals surface area (Å²) in [6.45, 7) is 1.72. The zero-order valence-electron chi connectivity index (χ0n) is 12.7. The van der Waals surface area contributed by atoms with Gasteiger partial charge in [-0.1, -0.05) is 18.2 Å². The van der Waals surface area contributed by atoms with E-state index in [1.807, 2.05) is 6.20 Å². The molecule has 3 aromatic rings. The minimum absolute atomic E-state index is 0.818. The van der Waals surface area contributed by atoms with Crippen molar-refractivity contribution in [3.63, 3.8) is 0 Å². The fourth-order valence-electron chi connectivity index (χ4n) is 2.16. The van der Waals surface area contributed by atoms with Gasteiger partial charge >= 0.3 is 0 Å². The molecule has 1 N–H and O–H groups in total. The summed E-state index contributed by atoms with van der Waals surface area (Å²) in [5, 5.41) is 6.68. The van der Waals surface area contributed by atoms with Crippen LogP contribution in [0.5, 0.6) is 0 Å². The van der Waals surface area contributed by atoms with E-state index in [1.165, 1.54) is 21.0 Å². The fourth-order valence-corrected chi connectivity index (χ4v) is 3.72. The smallest absolute Gasteiger partial charge is 0.107 e. The molecular weight excluding hydrogens is 310 g/mol. The van der Waals surface area contributed by atoms with Crippen LogP contribution >= 0.6 is 22.7 Å². The van der Waals surface area contributed by atoms with Gasteiger partial charge < -0.3 is 10.2 Å². The van der Waals surface area contributed by atoms with Crippen LogP contribution in [0.3, 0.4) is 0 Å². The van der Waals surface area contributed by atoms with E-state index in [9.17, 15) is 0 Å². The number of nitrogens with one attached hydrogen (secondary N) is 1. The molecule has 0 aliphatic heterocycles. The minimum atomic E-state index is 0.818. The zero-order chi connectivity index (χ0) is 15.4. The molecule has 3 nitrogen and oxygen atoms in total. The molecule has 0 radical (unpaired) electrons. The summed E-state index contributed by atoms with van der Waals surface area (Å²) >= 11 is 3.53. The molecule has 0 fully saturated rings. The quantitative estimate of drug-likeness (QED) is 0.733. The van der Waals surface area contributed by atoms with E-state index in [0.29, 0.717) is 0 Å². The Morgan fingerprint density at radius 1 is 1.09 bits per heavy atom. The van der Waals surface area contributed by atoms with E-state index in [0.717, 1.165) is 18.1 Å². The van der Waals surface area contributed by atoms with Crippen LogP contribution in [0.15, 0.2) is 48.0 Å². The lowest BCUT2D eigenvalue weighted by Gasteiger charge is -2.12. The molecule has 3 rings (SSSR count). The molecule has 0 aliphatic rings. The van der Waals surface area contributed by atoms with Gasteiger partial charge in [0.25, 0.3) is 0 Å². The van der Waals surface area contributed by atoms with Crippen LogP contribution in [-0.2, 0) is 13.1 Å². The number of aromatic nitrogens is 1. The lowest BCUT2D eigenvalue weighted by molar-refractivity contribution is 0.697. The predicted octanol–water partition coefficient (Wildman–Crippen LogP) is 4.23. The van der Waals surface area contributed by atoms with Crippen molar-refractivity contribution < 1.29 is 0 Å². The van der Waals surface area contributed by atoms with Crippen molar-refractivity contribution in [1.29, 1.82) is 0 Å². The highest BCUT2D eigenvalue weighted by molar-refractivity contribution is 7.15. The number of thiophene rings is 1. The van der Waals surface area contributed by atoms with Gasteiger partial charge in [-0.2, -0.15) is 0 Å². The highest BCUT2D eigenvalue weighted by atomic mass is 32.1. The van der Waals surface area contributed by atoms with Crippen molar-refractivity contribution in [2.45, 2.75) is 13.1 Å². The molecule has 114 valence electrons. The van der Waals surface area contributed by atoms with Crippen LogP contribution < -0.4 is 10.2 Å². The Bertz CT molecular complexity index is 700. The van der Waals surface area contributed by atoms with E-state index < -0.39 is 0 Å². The first kappa shape index (κ1) is 15.2. The van der Waals surface area contributed by atoms with Crippen molar-refractivity contribution in [1.82, 2.24) is 10.3 Å². The molecule has 2 heterocycles. The molecule has 0 unspecified atom stereocenters. The molecule has 0 bridgehead atoms. The number of benzene rings is 1. The van der Waals surface area contributed by atoms with Crippen molar-refractivity contribution in [2.75, 3.05) is 19.0 Å². The van der Waals surface area contributed by atoms with Crippen molar-refractivity contribution in [2.24, 2.45) is 0 Å². The average Bonchev–Trinajstić information content (AvgIpc) is 3.19. The van der Waals surface area contributed by atoms with Gasteiger partial charge in [0, 0.05) is 43.9 Å². The van der Waals surface area contributed by atoms with E-state index >= 15 is 0 Å². The SMILES string of the molecule is CN(C)c1ccc(-c2cnc(CNCc3cccs3)s2)cc1. The van der Waals surface area contributed by atoms with Gasteiger partial charge in [0.1, 0.15) is 5.01 Å². The molecule has 0 amide bonds. The lowest BCUT2D eigenvalue weighted by atomic mass is 10.2. The normalized spacial score (nSPS) is 10.8. The minimum Gasteiger partial charge on any atom is -0.378 e. The highest BCUT2D eigenvalue weighted by Gasteiger charge is 2.05. The van der Waals surface area contributed by atoms with Crippen molar-refractivity contribution in [3.05, 3.63) is 57.9 Å². The molecule has 0 saturated heterocycles. The third-order valence-electron chi connectivity index (χ3n) is 3.38. The Morgan fingerprint density at radius 2 is 1.91 bits per heavy atom. The van der Waals surface area contributed by atoms with Crippen LogP contribution in [-0.4, -0.2) is 19.1 Å². The highest BCUT2D eigenvalue weighted by Crippen LogP contribution is 2.27. The Morgan fingerprint density at radius 3 is 2.59 bits per heavy atom. The maximum atomic E-state index is 4.52. The van der Waals surface area contributed by atoms with Crippen LogP contribution in [0.1, 0.15) is 9.88 Å². The number of rotatable bonds is 6. The largest absolute Gasteiger partial charge is 0.378 e. The zero-order valence-corrected chi connectivity index (χ0v) is 14.4. The summed E-state index contributed by atoms with van der Waals surface area (Å²) in [5.41, 5.74) is 2.44. The number of anilines is 1. The van der Waals surface area contributed by atoms with E-state index in [4.69, 9.17) is 0 Å². The predicted molar refractivity (Wildman–Crippen MR) is 96.7 cm³/mol. The Balaban J connectivity index is 1.60. The second-order valence-electron chi connectivity index (χ2n) is 5.24. The first-order chi connectivity index (χ1) is 10.7. The monoisotopic (exact) mass is 329 g/mol. The first-order valence-electron chi connectivity index (χ1n) is 7.18. The number of nitrogens with zero attached hydrogens (tertiary/aromatic N) is 2. The lowest BCUT2D eigenvalue weighted by Crippen LogP contribution is -2.11. The van der Waals surface area contributed by atoms with E-state index in [2.05, 4.69) is 71.1 Å². The molecule has 0 atom stereocenters. The van der Waals surface area contributed by atoms with Gasteiger partial charge in [-0.05, 0) is 29.1 Å². The summed E-state index contributed by atoms with van der Waals surface area (Å²) in [7, 11) is 4.11. The molecule has 1 aromatic carbocycles. The molecule has 0 aliphatic carbocycles. The van der Waals surface area contributed by atoms with Gasteiger partial charge in [-0.25, -0.2) is 4.98 Å². The summed E-state index contributed by atoms with van der Waals surface area (Å²) in [6.07, 6.45) is 1.97. The van der Waals surface area contributed by atoms with Crippen LogP contribution in [0.25, 0.3) is 10.4 Å². The molecular formula is C17H19N3S2. The Kier molecular flexibility index (Phi) is 4.87. The van der Waals surface area contributed by atoms with E-state index in [-0.39, 0.29) is 0 Å². The molecule has 0 spiro atoms. The summed E-state index contributed by atoms with van der Waals surface area (Å²) < 4.78 is 0. The van der Waals surface area contributed by atoms with Crippen LogP contribution in [0, 0.1) is 0 Å². The van der Waals surface area contributed by atoms with Gasteiger partial charge in [0.15, 0.2) is 0 Å².